The van der Waals surface area contributed by atoms with Gasteiger partial charge in [-0.15, -0.1) is 0 Å². The third kappa shape index (κ3) is 3.44. The zero-order chi connectivity index (χ0) is 16.3. The summed E-state index contributed by atoms with van der Waals surface area (Å²) in [6.07, 6.45) is -0.432. The number of nitrogens with one attached hydrogen (secondary N) is 1. The predicted molar refractivity (Wildman–Crippen MR) is 75.0 cm³/mol. The van der Waals surface area contributed by atoms with Gasteiger partial charge in [-0.1, -0.05) is 5.16 Å². The van der Waals surface area contributed by atoms with Crippen molar-refractivity contribution in [1.82, 2.24) is 15.4 Å². The van der Waals surface area contributed by atoms with Crippen LogP contribution in [0, 0.1) is 13.8 Å². The number of urea groups is 1. The van der Waals surface area contributed by atoms with Crippen molar-refractivity contribution in [2.45, 2.75) is 39.7 Å². The third-order valence-electron chi connectivity index (χ3n) is 3.54. The van der Waals surface area contributed by atoms with Gasteiger partial charge in [0.05, 0.1) is 5.69 Å². The molecule has 1 aromatic rings. The SMILES string of the molecule is Cc1noc(C)c1CCC(=O)O[C@@H](C)C(=O)N1CCNC1=O. The van der Waals surface area contributed by atoms with E-state index in [-0.39, 0.29) is 6.42 Å². The van der Waals surface area contributed by atoms with Crippen LogP contribution in [0.1, 0.15) is 30.4 Å². The number of nitrogens with zero attached hydrogens (tertiary/aromatic N) is 2. The van der Waals surface area contributed by atoms with E-state index in [4.69, 9.17) is 9.26 Å². The lowest BCUT2D eigenvalue weighted by molar-refractivity contribution is -0.157. The number of rotatable bonds is 5. The third-order valence-corrected chi connectivity index (χ3v) is 3.54. The molecule has 120 valence electrons. The summed E-state index contributed by atoms with van der Waals surface area (Å²) in [7, 11) is 0. The van der Waals surface area contributed by atoms with Gasteiger partial charge in [-0.3, -0.25) is 14.5 Å². The Bertz CT molecular complexity index is 576. The minimum atomic E-state index is -0.985. The lowest BCUT2D eigenvalue weighted by Crippen LogP contribution is -2.41. The molecule has 0 unspecified atom stereocenters. The highest BCUT2D eigenvalue weighted by molar-refractivity contribution is 5.98. The van der Waals surface area contributed by atoms with E-state index >= 15 is 0 Å². The van der Waals surface area contributed by atoms with Gasteiger partial charge in [-0.25, -0.2) is 4.79 Å². The van der Waals surface area contributed by atoms with Gasteiger partial charge >= 0.3 is 12.0 Å². The molecule has 8 heteroatoms. The smallest absolute Gasteiger partial charge is 0.324 e. The molecule has 1 aliphatic heterocycles. The molecule has 1 aromatic heterocycles. The molecule has 0 aromatic carbocycles. The van der Waals surface area contributed by atoms with Crippen molar-refractivity contribution in [2.75, 3.05) is 13.1 Å². The van der Waals surface area contributed by atoms with Crippen LogP contribution in [-0.2, 0) is 20.7 Å². The van der Waals surface area contributed by atoms with E-state index in [1.165, 1.54) is 6.92 Å². The molecule has 22 heavy (non-hydrogen) atoms. The van der Waals surface area contributed by atoms with Gasteiger partial charge in [0.25, 0.3) is 5.91 Å². The Labute approximate surface area is 127 Å². The average molecular weight is 309 g/mol. The number of carbonyl (C=O) groups excluding carboxylic acids is 3. The number of amides is 3. The molecule has 3 amide bonds. The second-order valence-electron chi connectivity index (χ2n) is 5.16. The molecule has 1 fully saturated rings. The number of ether oxygens (including phenoxy) is 1. The number of aromatic nitrogens is 1. The summed E-state index contributed by atoms with van der Waals surface area (Å²) in [6, 6.07) is -0.455. The van der Waals surface area contributed by atoms with Crippen LogP contribution in [0.5, 0.6) is 0 Å². The van der Waals surface area contributed by atoms with Gasteiger partial charge in [-0.2, -0.15) is 0 Å². The van der Waals surface area contributed by atoms with E-state index in [9.17, 15) is 14.4 Å². The molecule has 1 N–H and O–H groups in total. The van der Waals surface area contributed by atoms with Crippen molar-refractivity contribution < 1.29 is 23.6 Å². The van der Waals surface area contributed by atoms with Crippen molar-refractivity contribution in [3.63, 3.8) is 0 Å². The molecule has 2 heterocycles. The van der Waals surface area contributed by atoms with Gasteiger partial charge in [0.1, 0.15) is 5.76 Å². The summed E-state index contributed by atoms with van der Waals surface area (Å²) in [5.74, 6) is -0.343. The van der Waals surface area contributed by atoms with Crippen molar-refractivity contribution in [1.29, 1.82) is 0 Å². The normalized spacial score (nSPS) is 15.6. The number of carbonyl (C=O) groups is 3. The largest absolute Gasteiger partial charge is 0.453 e. The number of esters is 1. The van der Waals surface area contributed by atoms with Gasteiger partial charge in [0, 0.05) is 25.1 Å². The van der Waals surface area contributed by atoms with Crippen LogP contribution in [0.3, 0.4) is 0 Å². The van der Waals surface area contributed by atoms with Crippen LogP contribution in [0.2, 0.25) is 0 Å². The first-order chi connectivity index (χ1) is 10.4. The maximum Gasteiger partial charge on any atom is 0.324 e. The minimum absolute atomic E-state index is 0.118. The monoisotopic (exact) mass is 309 g/mol. The lowest BCUT2D eigenvalue weighted by atomic mass is 10.1. The number of imide groups is 1. The molecular weight excluding hydrogens is 290 g/mol. The first kappa shape index (κ1) is 16.0. The number of aryl methyl sites for hydroxylation is 2. The molecule has 0 aliphatic carbocycles. The van der Waals surface area contributed by atoms with E-state index in [0.29, 0.717) is 25.3 Å². The zero-order valence-electron chi connectivity index (χ0n) is 12.8. The standard InChI is InChI=1S/C14H19N3O5/c1-8-11(9(2)22-16-8)4-5-12(18)21-10(3)13(19)17-7-6-15-14(17)20/h10H,4-7H2,1-3H3,(H,15,20)/t10-/m0/s1. The molecule has 0 saturated carbocycles. The average Bonchev–Trinajstić information content (AvgIpc) is 3.02. The van der Waals surface area contributed by atoms with Crippen molar-refractivity contribution in [2.24, 2.45) is 0 Å². The zero-order valence-corrected chi connectivity index (χ0v) is 12.8. The summed E-state index contributed by atoms with van der Waals surface area (Å²) in [5.41, 5.74) is 1.61. The summed E-state index contributed by atoms with van der Waals surface area (Å²) >= 11 is 0. The Balaban J connectivity index is 1.84. The van der Waals surface area contributed by atoms with Crippen LogP contribution < -0.4 is 5.32 Å². The molecule has 1 saturated heterocycles. The first-order valence-electron chi connectivity index (χ1n) is 7.10. The highest BCUT2D eigenvalue weighted by Crippen LogP contribution is 2.15. The molecular formula is C14H19N3O5. The predicted octanol–water partition coefficient (Wildman–Crippen LogP) is 0.708. The van der Waals surface area contributed by atoms with Crippen molar-refractivity contribution in [3.8, 4) is 0 Å². The van der Waals surface area contributed by atoms with Gasteiger partial charge in [0.2, 0.25) is 0 Å². The highest BCUT2D eigenvalue weighted by atomic mass is 16.5. The maximum atomic E-state index is 12.0. The van der Waals surface area contributed by atoms with Gasteiger partial charge in [-0.05, 0) is 27.2 Å². The van der Waals surface area contributed by atoms with Crippen molar-refractivity contribution >= 4 is 17.9 Å². The van der Waals surface area contributed by atoms with Crippen molar-refractivity contribution in [3.05, 3.63) is 17.0 Å². The quantitative estimate of drug-likeness (QED) is 0.804. The summed E-state index contributed by atoms with van der Waals surface area (Å²) in [5, 5.41) is 6.33. The summed E-state index contributed by atoms with van der Waals surface area (Å²) < 4.78 is 10.1. The molecule has 0 spiro atoms. The Kier molecular flexibility index (Phi) is 4.79. The van der Waals surface area contributed by atoms with E-state index < -0.39 is 24.0 Å². The lowest BCUT2D eigenvalue weighted by Gasteiger charge is -2.18. The fourth-order valence-electron chi connectivity index (χ4n) is 2.29. The minimum Gasteiger partial charge on any atom is -0.453 e. The number of hydrogen-bond acceptors (Lipinski definition) is 6. The Hall–Kier alpha value is -2.38. The van der Waals surface area contributed by atoms with E-state index in [2.05, 4.69) is 10.5 Å². The Morgan fingerprint density at radius 3 is 2.73 bits per heavy atom. The van der Waals surface area contributed by atoms with E-state index in [1.54, 1.807) is 13.8 Å². The number of hydrogen-bond donors (Lipinski definition) is 1. The van der Waals surface area contributed by atoms with Crippen LogP contribution >= 0.6 is 0 Å². The van der Waals surface area contributed by atoms with E-state index in [0.717, 1.165) is 16.2 Å². The fraction of sp³-hybridized carbons (Fsp3) is 0.571. The summed E-state index contributed by atoms with van der Waals surface area (Å²) in [4.78, 5) is 36.3. The molecule has 8 nitrogen and oxygen atoms in total. The summed E-state index contributed by atoms with van der Waals surface area (Å²) in [6.45, 7) is 5.74. The first-order valence-corrected chi connectivity index (χ1v) is 7.10. The van der Waals surface area contributed by atoms with Crippen LogP contribution in [0.4, 0.5) is 4.79 Å². The second kappa shape index (κ2) is 6.59. The highest BCUT2D eigenvalue weighted by Gasteiger charge is 2.31. The Morgan fingerprint density at radius 2 is 2.18 bits per heavy atom. The second-order valence-corrected chi connectivity index (χ2v) is 5.16. The molecule has 0 radical (unpaired) electrons. The van der Waals surface area contributed by atoms with E-state index in [1.807, 2.05) is 0 Å². The maximum absolute atomic E-state index is 12.0. The van der Waals surface area contributed by atoms with Gasteiger partial charge < -0.3 is 14.6 Å². The van der Waals surface area contributed by atoms with Crippen LogP contribution in [0.25, 0.3) is 0 Å². The fourth-order valence-corrected chi connectivity index (χ4v) is 2.29. The Morgan fingerprint density at radius 1 is 1.45 bits per heavy atom. The van der Waals surface area contributed by atoms with Crippen LogP contribution in [-0.4, -0.2) is 47.2 Å². The molecule has 2 rings (SSSR count). The molecule has 0 bridgehead atoms. The van der Waals surface area contributed by atoms with Crippen LogP contribution in [0.15, 0.2) is 4.52 Å². The molecule has 1 aliphatic rings. The topological polar surface area (TPSA) is 102 Å². The molecule has 1 atom stereocenters. The van der Waals surface area contributed by atoms with Gasteiger partial charge in [0.15, 0.2) is 6.10 Å².